The van der Waals surface area contributed by atoms with Crippen LogP contribution in [0.15, 0.2) is 28.7 Å². The summed E-state index contributed by atoms with van der Waals surface area (Å²) in [7, 11) is 0. The van der Waals surface area contributed by atoms with Crippen molar-refractivity contribution in [2.24, 2.45) is 5.41 Å². The van der Waals surface area contributed by atoms with Crippen LogP contribution in [0.5, 0.6) is 5.75 Å². The van der Waals surface area contributed by atoms with Gasteiger partial charge in [0.1, 0.15) is 12.4 Å². The van der Waals surface area contributed by atoms with Crippen LogP contribution in [0.25, 0.3) is 0 Å². The third kappa shape index (κ3) is 4.04. The fraction of sp³-hybridized carbons (Fsp3) is 0.417. The minimum atomic E-state index is -0.341. The van der Waals surface area contributed by atoms with Crippen molar-refractivity contribution in [1.82, 2.24) is 0 Å². The zero-order chi connectivity index (χ0) is 11.5. The second-order valence-electron chi connectivity index (χ2n) is 4.42. The van der Waals surface area contributed by atoms with Crippen LogP contribution >= 0.6 is 15.9 Å². The summed E-state index contributed by atoms with van der Waals surface area (Å²) in [6, 6.07) is 7.47. The van der Waals surface area contributed by atoms with Crippen LogP contribution in [0.4, 0.5) is 0 Å². The van der Waals surface area contributed by atoms with Crippen molar-refractivity contribution in [3.63, 3.8) is 0 Å². The maximum atomic E-state index is 11.6. The Bertz CT molecular complexity index is 353. The first-order chi connectivity index (χ1) is 6.89. The Morgan fingerprint density at radius 1 is 1.40 bits per heavy atom. The Hall–Kier alpha value is -0.830. The van der Waals surface area contributed by atoms with Crippen LogP contribution < -0.4 is 4.74 Å². The predicted molar refractivity (Wildman–Crippen MR) is 64.1 cm³/mol. The summed E-state index contributed by atoms with van der Waals surface area (Å²) in [4.78, 5) is 11.6. The zero-order valence-electron chi connectivity index (χ0n) is 9.21. The molecule has 0 N–H and O–H groups in total. The molecular weight excluding hydrogens is 256 g/mol. The number of ketones is 1. The van der Waals surface area contributed by atoms with Gasteiger partial charge in [-0.2, -0.15) is 0 Å². The maximum Gasteiger partial charge on any atom is 0.175 e. The monoisotopic (exact) mass is 270 g/mol. The SMILES string of the molecule is CC(C)(C)C(=O)COc1cccc(Br)c1. The van der Waals surface area contributed by atoms with Crippen LogP contribution in [0, 0.1) is 5.41 Å². The lowest BCUT2D eigenvalue weighted by Gasteiger charge is -2.16. The Morgan fingerprint density at radius 3 is 2.60 bits per heavy atom. The molecule has 1 rings (SSSR count). The van der Waals surface area contributed by atoms with Gasteiger partial charge >= 0.3 is 0 Å². The Balaban J connectivity index is 2.55. The number of Topliss-reactive ketones (excluding diaryl/α,β-unsaturated/α-hetero) is 1. The molecule has 0 spiro atoms. The maximum absolute atomic E-state index is 11.6. The van der Waals surface area contributed by atoms with E-state index in [4.69, 9.17) is 4.74 Å². The summed E-state index contributed by atoms with van der Waals surface area (Å²) >= 11 is 3.34. The summed E-state index contributed by atoms with van der Waals surface area (Å²) in [5, 5.41) is 0. The lowest BCUT2D eigenvalue weighted by molar-refractivity contribution is -0.128. The third-order valence-electron chi connectivity index (χ3n) is 2.00. The molecule has 0 aliphatic carbocycles. The van der Waals surface area contributed by atoms with Gasteiger partial charge in [-0.3, -0.25) is 4.79 Å². The number of ether oxygens (including phenoxy) is 1. The van der Waals surface area contributed by atoms with Crippen molar-refractivity contribution in [3.8, 4) is 5.75 Å². The summed E-state index contributed by atoms with van der Waals surface area (Å²) in [6.07, 6.45) is 0. The van der Waals surface area contributed by atoms with E-state index in [1.807, 2.05) is 45.0 Å². The van der Waals surface area contributed by atoms with Gasteiger partial charge in [0.2, 0.25) is 0 Å². The van der Waals surface area contributed by atoms with Gasteiger partial charge < -0.3 is 4.74 Å². The number of carbonyl (C=O) groups excluding carboxylic acids is 1. The number of hydrogen-bond acceptors (Lipinski definition) is 2. The highest BCUT2D eigenvalue weighted by atomic mass is 79.9. The number of rotatable bonds is 3. The van der Waals surface area contributed by atoms with Gasteiger partial charge in [0.15, 0.2) is 5.78 Å². The van der Waals surface area contributed by atoms with E-state index in [1.54, 1.807) is 0 Å². The minimum Gasteiger partial charge on any atom is -0.486 e. The molecule has 0 aromatic heterocycles. The summed E-state index contributed by atoms with van der Waals surface area (Å²) < 4.78 is 6.34. The molecule has 0 atom stereocenters. The van der Waals surface area contributed by atoms with Crippen molar-refractivity contribution in [2.45, 2.75) is 20.8 Å². The predicted octanol–water partition coefficient (Wildman–Crippen LogP) is 3.44. The van der Waals surface area contributed by atoms with E-state index < -0.39 is 0 Å². The third-order valence-corrected chi connectivity index (χ3v) is 2.50. The topological polar surface area (TPSA) is 26.3 Å². The molecule has 0 amide bonds. The molecule has 0 radical (unpaired) electrons. The van der Waals surface area contributed by atoms with Gasteiger partial charge in [0.25, 0.3) is 0 Å². The van der Waals surface area contributed by atoms with E-state index in [-0.39, 0.29) is 17.8 Å². The molecule has 1 aromatic carbocycles. The van der Waals surface area contributed by atoms with Crippen LogP contribution in [0.1, 0.15) is 20.8 Å². The molecule has 3 heteroatoms. The van der Waals surface area contributed by atoms with Gasteiger partial charge in [0, 0.05) is 9.89 Å². The molecule has 0 bridgehead atoms. The summed E-state index contributed by atoms with van der Waals surface area (Å²) in [6.45, 7) is 5.79. The normalized spacial score (nSPS) is 11.2. The molecule has 0 saturated carbocycles. The lowest BCUT2D eigenvalue weighted by Crippen LogP contribution is -2.26. The van der Waals surface area contributed by atoms with Crippen LogP contribution in [-0.2, 0) is 4.79 Å². The van der Waals surface area contributed by atoms with Crippen LogP contribution in [0.3, 0.4) is 0 Å². The quantitative estimate of drug-likeness (QED) is 0.841. The fourth-order valence-corrected chi connectivity index (χ4v) is 1.30. The van der Waals surface area contributed by atoms with Gasteiger partial charge in [-0.1, -0.05) is 42.8 Å². The van der Waals surface area contributed by atoms with E-state index in [1.165, 1.54) is 0 Å². The highest BCUT2D eigenvalue weighted by molar-refractivity contribution is 9.10. The number of benzene rings is 1. The molecule has 0 aliphatic heterocycles. The number of hydrogen-bond donors (Lipinski definition) is 0. The molecule has 2 nitrogen and oxygen atoms in total. The Kier molecular flexibility index (Phi) is 3.91. The second-order valence-corrected chi connectivity index (χ2v) is 5.33. The highest BCUT2D eigenvalue weighted by Gasteiger charge is 2.21. The largest absolute Gasteiger partial charge is 0.486 e. The van der Waals surface area contributed by atoms with E-state index in [0.29, 0.717) is 5.75 Å². The average Bonchev–Trinajstić information content (AvgIpc) is 2.12. The van der Waals surface area contributed by atoms with Crippen molar-refractivity contribution in [1.29, 1.82) is 0 Å². The molecule has 0 saturated heterocycles. The summed E-state index contributed by atoms with van der Waals surface area (Å²) in [5.41, 5.74) is -0.341. The van der Waals surface area contributed by atoms with E-state index in [0.717, 1.165) is 4.47 Å². The molecule has 0 heterocycles. The molecule has 0 unspecified atom stereocenters. The lowest BCUT2D eigenvalue weighted by atomic mass is 9.91. The van der Waals surface area contributed by atoms with Crippen molar-refractivity contribution < 1.29 is 9.53 Å². The second kappa shape index (κ2) is 4.79. The van der Waals surface area contributed by atoms with Gasteiger partial charge in [-0.15, -0.1) is 0 Å². The first kappa shape index (κ1) is 12.2. The van der Waals surface area contributed by atoms with Crippen LogP contribution in [0.2, 0.25) is 0 Å². The highest BCUT2D eigenvalue weighted by Crippen LogP contribution is 2.19. The molecule has 15 heavy (non-hydrogen) atoms. The zero-order valence-corrected chi connectivity index (χ0v) is 10.8. The molecule has 82 valence electrons. The van der Waals surface area contributed by atoms with E-state index in [2.05, 4.69) is 15.9 Å². The first-order valence-corrected chi connectivity index (χ1v) is 5.60. The van der Waals surface area contributed by atoms with Gasteiger partial charge in [-0.25, -0.2) is 0 Å². The Morgan fingerprint density at radius 2 is 2.07 bits per heavy atom. The Labute approximate surface area is 98.8 Å². The first-order valence-electron chi connectivity index (χ1n) is 4.81. The van der Waals surface area contributed by atoms with Gasteiger partial charge in [-0.05, 0) is 18.2 Å². The van der Waals surface area contributed by atoms with Crippen molar-refractivity contribution in [2.75, 3.05) is 6.61 Å². The number of halogens is 1. The molecular formula is C12H15BrO2. The van der Waals surface area contributed by atoms with Crippen molar-refractivity contribution >= 4 is 21.7 Å². The van der Waals surface area contributed by atoms with E-state index in [9.17, 15) is 4.79 Å². The minimum absolute atomic E-state index is 0.0995. The van der Waals surface area contributed by atoms with Crippen LogP contribution in [-0.4, -0.2) is 12.4 Å². The molecule has 1 aromatic rings. The smallest absolute Gasteiger partial charge is 0.175 e. The average molecular weight is 271 g/mol. The standard InChI is InChI=1S/C12H15BrO2/c1-12(2,3)11(14)8-15-10-6-4-5-9(13)7-10/h4-7H,8H2,1-3H3. The molecule has 0 aliphatic rings. The summed E-state index contributed by atoms with van der Waals surface area (Å²) in [5.74, 6) is 0.810. The van der Waals surface area contributed by atoms with E-state index >= 15 is 0 Å². The van der Waals surface area contributed by atoms with Gasteiger partial charge in [0.05, 0.1) is 0 Å². The fourth-order valence-electron chi connectivity index (χ4n) is 0.922. The number of carbonyl (C=O) groups is 1. The molecule has 0 fully saturated rings. The van der Waals surface area contributed by atoms with Crippen molar-refractivity contribution in [3.05, 3.63) is 28.7 Å².